The number of benzene rings is 1. The number of fused-ring (bicyclic) bond motifs is 3. The van der Waals surface area contributed by atoms with Gasteiger partial charge in [-0.25, -0.2) is 17.8 Å². The molecule has 2 aliphatic carbocycles. The fraction of sp³-hybridized carbons (Fsp3) is 0.643. The van der Waals surface area contributed by atoms with E-state index in [1.807, 2.05) is 43.3 Å². The normalized spacial score (nSPS) is 29.6. The zero-order valence-corrected chi connectivity index (χ0v) is 34.6. The van der Waals surface area contributed by atoms with Gasteiger partial charge in [-0.05, 0) is 76.2 Å². The minimum absolute atomic E-state index is 0.00378. The number of halogens is 1. The van der Waals surface area contributed by atoms with Crippen LogP contribution in [0.2, 0.25) is 0 Å². The summed E-state index contributed by atoms with van der Waals surface area (Å²) in [5.41, 5.74) is -2.34. The first-order valence-corrected chi connectivity index (χ1v) is 21.4. The molecule has 0 radical (unpaired) electrons. The zero-order chi connectivity index (χ0) is 41.3. The predicted molar refractivity (Wildman–Crippen MR) is 209 cm³/mol. The Bertz CT molecular complexity index is 2000. The lowest BCUT2D eigenvalue weighted by Crippen LogP contribution is -2.48. The minimum Gasteiger partial charge on any atom is -0.494 e. The van der Waals surface area contributed by atoms with E-state index < -0.39 is 80.0 Å². The lowest BCUT2D eigenvalue weighted by molar-refractivity contribution is -0.165. The van der Waals surface area contributed by atoms with Crippen molar-refractivity contribution in [2.45, 2.75) is 108 Å². The first-order valence-electron chi connectivity index (χ1n) is 19.9. The summed E-state index contributed by atoms with van der Waals surface area (Å²) in [7, 11) is -1.29. The van der Waals surface area contributed by atoms with Gasteiger partial charge in [-0.15, -0.1) is 0 Å². The van der Waals surface area contributed by atoms with Crippen molar-refractivity contribution in [1.29, 1.82) is 0 Å². The van der Waals surface area contributed by atoms with E-state index in [4.69, 9.17) is 18.9 Å². The average molecular weight is 814 g/mol. The van der Waals surface area contributed by atoms with E-state index >= 15 is 0 Å². The molecule has 15 heteroatoms. The second kappa shape index (κ2) is 16.6. The van der Waals surface area contributed by atoms with E-state index in [0.717, 1.165) is 11.8 Å². The molecule has 13 nitrogen and oxygen atoms in total. The van der Waals surface area contributed by atoms with Crippen LogP contribution in [0.1, 0.15) is 85.5 Å². The Balaban J connectivity index is 1.35. The van der Waals surface area contributed by atoms with Gasteiger partial charge in [-0.1, -0.05) is 44.2 Å². The molecule has 2 aromatic rings. The summed E-state index contributed by atoms with van der Waals surface area (Å²) in [6, 6.07) is 6.36. The molecule has 3 heterocycles. The highest BCUT2D eigenvalue weighted by Crippen LogP contribution is 2.58. The standard InChI is InChI=1S/C42H56FN3O10S/c1-26-11-7-8-12-28-20-42(28,39(50)45-57(51,52)41(24-43)15-16-41)21-34(47)33-18-29(55-37-31-14-10-9-13-30(31)35(54-6)22-44-37)23-46(33)38(49)32(27(2)17-26)19-36(48)56-40(3,4)25-53-5/h8-10,12-14,22,26-29,32-33H,7,11,15-21,23-25H2,1-6H3,(H,45,50)/b12-8-/t26-,27-,28-,29-,32+,33+,42-/m1/s1. The van der Waals surface area contributed by atoms with Crippen molar-refractivity contribution >= 4 is 44.4 Å². The lowest BCUT2D eigenvalue weighted by atomic mass is 9.82. The third-order valence-corrected chi connectivity index (χ3v) is 14.4. The number of ether oxygens (including phenoxy) is 4. The molecule has 3 fully saturated rings. The topological polar surface area (TPSA) is 168 Å². The summed E-state index contributed by atoms with van der Waals surface area (Å²) in [6.07, 6.45) is 6.65. The number of carbonyl (C=O) groups is 4. The van der Waals surface area contributed by atoms with Crippen molar-refractivity contribution in [2.75, 3.05) is 34.0 Å². The highest BCUT2D eigenvalue weighted by molar-refractivity contribution is 7.91. The van der Waals surface area contributed by atoms with E-state index in [1.165, 1.54) is 12.0 Å². The Morgan fingerprint density at radius 2 is 1.81 bits per heavy atom. The Morgan fingerprint density at radius 1 is 1.09 bits per heavy atom. The molecule has 7 atom stereocenters. The molecule has 2 saturated carbocycles. The monoisotopic (exact) mass is 813 g/mol. The maximum absolute atomic E-state index is 14.9. The molecule has 0 spiro atoms. The van der Waals surface area contributed by atoms with Gasteiger partial charge in [0.15, 0.2) is 5.78 Å². The fourth-order valence-electron chi connectivity index (χ4n) is 8.70. The number of carbonyl (C=O) groups excluding carboxylic acids is 4. The number of methoxy groups -OCH3 is 2. The van der Waals surface area contributed by atoms with Crippen LogP contribution in [-0.4, -0.2) is 98.4 Å². The van der Waals surface area contributed by atoms with Crippen molar-refractivity contribution in [3.8, 4) is 11.6 Å². The van der Waals surface area contributed by atoms with Gasteiger partial charge >= 0.3 is 5.97 Å². The van der Waals surface area contributed by atoms with Gasteiger partial charge in [0.2, 0.25) is 27.7 Å². The third kappa shape index (κ3) is 8.99. The lowest BCUT2D eigenvalue weighted by Gasteiger charge is -2.33. The minimum atomic E-state index is -4.35. The summed E-state index contributed by atoms with van der Waals surface area (Å²) >= 11 is 0. The molecule has 1 saturated heterocycles. The van der Waals surface area contributed by atoms with Crippen molar-refractivity contribution < 1.29 is 50.9 Å². The van der Waals surface area contributed by atoms with Crippen LogP contribution in [0.3, 0.4) is 0 Å². The Hall–Kier alpha value is -4.11. The summed E-state index contributed by atoms with van der Waals surface area (Å²) in [5.74, 6) is -2.81. The fourth-order valence-corrected chi connectivity index (χ4v) is 10.1. The van der Waals surface area contributed by atoms with E-state index in [9.17, 15) is 32.0 Å². The van der Waals surface area contributed by atoms with Crippen LogP contribution in [-0.2, 0) is 38.7 Å². The Kier molecular flexibility index (Phi) is 12.4. The van der Waals surface area contributed by atoms with Crippen LogP contribution in [0.4, 0.5) is 4.39 Å². The first kappa shape index (κ1) is 42.5. The molecule has 0 bridgehead atoms. The van der Waals surface area contributed by atoms with E-state index in [0.29, 0.717) is 24.0 Å². The number of sulfonamides is 1. The molecule has 57 heavy (non-hydrogen) atoms. The second-order valence-corrected chi connectivity index (χ2v) is 19.4. The molecule has 1 N–H and O–H groups in total. The molecule has 2 aliphatic heterocycles. The maximum atomic E-state index is 14.9. The number of Topliss-reactive ketones (excluding diaryl/α,β-unsaturated/α-hetero) is 1. The second-order valence-electron chi connectivity index (χ2n) is 17.3. The third-order valence-electron chi connectivity index (χ3n) is 12.3. The van der Waals surface area contributed by atoms with Crippen molar-refractivity contribution in [3.05, 3.63) is 42.6 Å². The van der Waals surface area contributed by atoms with Crippen LogP contribution in [0, 0.1) is 29.1 Å². The number of allylic oxidation sites excluding steroid dienone is 2. The maximum Gasteiger partial charge on any atom is 0.307 e. The van der Waals surface area contributed by atoms with Crippen molar-refractivity contribution in [1.82, 2.24) is 14.6 Å². The Labute approximate surface area is 334 Å². The van der Waals surface area contributed by atoms with E-state index in [1.54, 1.807) is 27.2 Å². The number of hydrogen-bond donors (Lipinski definition) is 1. The van der Waals surface area contributed by atoms with Crippen LogP contribution < -0.4 is 14.2 Å². The number of aromatic nitrogens is 1. The summed E-state index contributed by atoms with van der Waals surface area (Å²) < 4.78 is 63.9. The molecular weight excluding hydrogens is 758 g/mol. The van der Waals surface area contributed by atoms with Crippen LogP contribution in [0.5, 0.6) is 11.6 Å². The molecule has 1 aromatic heterocycles. The van der Waals surface area contributed by atoms with Gasteiger partial charge in [0.1, 0.15) is 28.9 Å². The smallest absolute Gasteiger partial charge is 0.307 e. The highest BCUT2D eigenvalue weighted by Gasteiger charge is 2.63. The molecule has 312 valence electrons. The Morgan fingerprint density at radius 3 is 2.47 bits per heavy atom. The molecule has 0 unspecified atom stereocenters. The number of rotatable bonds is 12. The number of alkyl halides is 1. The first-order chi connectivity index (χ1) is 27.0. The van der Waals surface area contributed by atoms with Gasteiger partial charge in [-0.3, -0.25) is 23.9 Å². The van der Waals surface area contributed by atoms with Crippen LogP contribution in [0.25, 0.3) is 10.8 Å². The van der Waals surface area contributed by atoms with Crippen LogP contribution in [0.15, 0.2) is 42.6 Å². The van der Waals surface area contributed by atoms with Gasteiger partial charge < -0.3 is 23.8 Å². The summed E-state index contributed by atoms with van der Waals surface area (Å²) in [4.78, 5) is 63.1. The average Bonchev–Trinajstić information content (AvgIpc) is 4.06. The van der Waals surface area contributed by atoms with Gasteiger partial charge in [0.05, 0.1) is 50.3 Å². The molecule has 1 aromatic carbocycles. The van der Waals surface area contributed by atoms with Crippen LogP contribution >= 0.6 is 0 Å². The number of nitrogens with one attached hydrogen (secondary N) is 1. The number of ketones is 1. The molecule has 6 rings (SSSR count). The van der Waals surface area contributed by atoms with Gasteiger partial charge in [0.25, 0.3) is 0 Å². The SMILES string of the molecule is COCC(C)(C)OC(=O)C[C@@H]1C(=O)N2C[C@H](Oc3ncc(OC)c4ccccc34)C[C@H]2C(=O)C[C@]2(C(=O)NS(=O)(=O)C3(CF)CC3)C[C@H]2/C=C\CC[C@@H](C)C[C@H]1C. The van der Waals surface area contributed by atoms with E-state index in [2.05, 4.69) is 16.6 Å². The number of pyridine rings is 1. The number of esters is 1. The molecule has 4 aliphatic rings. The van der Waals surface area contributed by atoms with Gasteiger partial charge in [-0.2, -0.15) is 0 Å². The number of nitrogens with zero attached hydrogens (tertiary/aromatic N) is 2. The van der Waals surface area contributed by atoms with E-state index in [-0.39, 0.29) is 69.4 Å². The largest absolute Gasteiger partial charge is 0.494 e. The highest BCUT2D eigenvalue weighted by atomic mass is 32.2. The van der Waals surface area contributed by atoms with Gasteiger partial charge in [0, 0.05) is 30.7 Å². The quantitative estimate of drug-likeness (QED) is 0.213. The molecule has 2 amide bonds. The summed E-state index contributed by atoms with van der Waals surface area (Å²) in [5, 5.41) is 1.44. The van der Waals surface area contributed by atoms with Crippen molar-refractivity contribution in [3.63, 3.8) is 0 Å². The number of hydrogen-bond acceptors (Lipinski definition) is 11. The van der Waals surface area contributed by atoms with Crippen molar-refractivity contribution in [2.24, 2.45) is 29.1 Å². The summed E-state index contributed by atoms with van der Waals surface area (Å²) in [6.45, 7) is 6.51. The predicted octanol–water partition coefficient (Wildman–Crippen LogP) is 5.49. The molecular formula is C42H56FN3O10S. The number of amides is 2. The zero-order valence-electron chi connectivity index (χ0n) is 33.8.